The Hall–Kier alpha value is -3.89. The zero-order chi connectivity index (χ0) is 56.8. The number of aromatic carboxylic acids is 1. The molecule has 5 rings (SSSR count). The minimum Gasteiger partial charge on any atom is -0.477 e. The maximum absolute atomic E-state index is 14.6. The highest BCUT2D eigenvalue weighted by Gasteiger charge is 2.54. The second-order valence-electron chi connectivity index (χ2n) is 23.0. The standard InChI is InChI=1S/C57H91N3O16/c1-16-42-57(12,69)49(65)33(6)45(62)31(4)28-56(11,70-15)50(76-54-47(64)41(59(13)14)26-32(5)71-54)34(7)48(35(8)53(68)73-42)75-44-29-55(10,17-2)51(36(9)72-44)74-43(61)23-25-58-24-19-20-37-21-22-40-38(27-37)46(63)39(52(66)67)30-60(40)18-3/h21-22,27,30-36,41-42,44,47-51,54,58,64-65,69H,16-20,23-26,28-29H2,1-15H3,(H,66,67)/t31-,32+,33-,34+,35+,36-,41-,42-,44+,47-,48+,49+,50-,51+,54-,55-,56+,57+/m0/s1. The number of carboxylic acids is 1. The van der Waals surface area contributed by atoms with Crippen molar-refractivity contribution < 1.29 is 72.8 Å². The summed E-state index contributed by atoms with van der Waals surface area (Å²) in [5.74, 6) is -6.35. The molecule has 0 amide bonds. The molecule has 19 heteroatoms. The number of hydrogen-bond acceptors (Lipinski definition) is 17. The lowest BCUT2D eigenvalue weighted by Gasteiger charge is -2.50. The molecule has 0 spiro atoms. The molecule has 2 aromatic rings. The van der Waals surface area contributed by atoms with Gasteiger partial charge in [0.25, 0.3) is 0 Å². The van der Waals surface area contributed by atoms with E-state index in [0.29, 0.717) is 56.2 Å². The summed E-state index contributed by atoms with van der Waals surface area (Å²) in [4.78, 5) is 69.0. The molecule has 18 atom stereocenters. The van der Waals surface area contributed by atoms with E-state index >= 15 is 0 Å². The Bertz CT molecular complexity index is 2360. The molecule has 0 saturated carbocycles. The van der Waals surface area contributed by atoms with E-state index in [1.54, 1.807) is 45.3 Å². The van der Waals surface area contributed by atoms with E-state index in [0.717, 1.165) is 5.56 Å². The third-order valence-corrected chi connectivity index (χ3v) is 17.0. The van der Waals surface area contributed by atoms with E-state index in [1.165, 1.54) is 20.2 Å². The number of aliphatic hydroxyl groups excluding tert-OH is 2. The topological polar surface area (TPSA) is 251 Å². The number of aryl methyl sites for hydroxylation is 2. The minimum absolute atomic E-state index is 0.0785. The van der Waals surface area contributed by atoms with E-state index in [9.17, 15) is 44.4 Å². The molecule has 0 radical (unpaired) electrons. The van der Waals surface area contributed by atoms with Crippen LogP contribution in [0.15, 0.2) is 29.2 Å². The van der Waals surface area contributed by atoms with Crippen LogP contribution in [0.4, 0.5) is 0 Å². The number of rotatable bonds is 18. The fourth-order valence-corrected chi connectivity index (χ4v) is 12.0. The zero-order valence-electron chi connectivity index (χ0n) is 47.8. The van der Waals surface area contributed by atoms with Crippen LogP contribution in [0.3, 0.4) is 0 Å². The van der Waals surface area contributed by atoms with Crippen molar-refractivity contribution in [2.45, 2.75) is 220 Å². The molecular weight excluding hydrogens is 983 g/mol. The van der Waals surface area contributed by atoms with E-state index in [1.807, 2.05) is 72.7 Å². The lowest BCUT2D eigenvalue weighted by Crippen LogP contribution is -2.61. The van der Waals surface area contributed by atoms with E-state index in [4.69, 9.17) is 33.2 Å². The fourth-order valence-electron chi connectivity index (χ4n) is 12.0. The first-order valence-corrected chi connectivity index (χ1v) is 27.5. The molecule has 1 aromatic carbocycles. The SMILES string of the molecule is CC[C@@H]1OC(=O)[C@H](C)[C@H](O[C@@H]2C[C@](C)(CC)[C@H](OC(=O)CCNCCCc3ccc4c(c3)c(=O)c(C(=O)O)cn4CC)[C@H](C)O2)[C@@H](C)[C@H](O[C@@H]2O[C@H](C)C[C@H](N(C)C)[C@@H]2O)[C@](C)(OC)C[C@H](C)C(=O)[C@H](C)[C@@H](O)[C@]1(C)O. The molecule has 3 aliphatic heterocycles. The number of methoxy groups -OCH3 is 1. The van der Waals surface area contributed by atoms with Gasteiger partial charge in [-0.25, -0.2) is 4.79 Å². The summed E-state index contributed by atoms with van der Waals surface area (Å²) in [6, 6.07) is 5.22. The lowest BCUT2D eigenvalue weighted by molar-refractivity contribution is -0.315. The molecule has 0 bridgehead atoms. The van der Waals surface area contributed by atoms with Crippen molar-refractivity contribution in [2.24, 2.45) is 29.1 Å². The van der Waals surface area contributed by atoms with Crippen molar-refractivity contribution in [3.8, 4) is 0 Å². The van der Waals surface area contributed by atoms with Gasteiger partial charge in [0.2, 0.25) is 5.43 Å². The molecule has 430 valence electrons. The van der Waals surface area contributed by atoms with Gasteiger partial charge in [-0.3, -0.25) is 19.2 Å². The molecule has 3 fully saturated rings. The van der Waals surface area contributed by atoms with Gasteiger partial charge in [-0.05, 0) is 118 Å². The van der Waals surface area contributed by atoms with Crippen LogP contribution in [0.25, 0.3) is 10.9 Å². The van der Waals surface area contributed by atoms with Gasteiger partial charge in [-0.15, -0.1) is 0 Å². The maximum Gasteiger partial charge on any atom is 0.341 e. The molecule has 0 aliphatic carbocycles. The first kappa shape index (κ1) is 62.9. The summed E-state index contributed by atoms with van der Waals surface area (Å²) in [5.41, 5.74) is -3.18. The number of ketones is 1. The van der Waals surface area contributed by atoms with Crippen LogP contribution in [0.5, 0.6) is 0 Å². The number of esters is 2. The monoisotopic (exact) mass is 1070 g/mol. The summed E-state index contributed by atoms with van der Waals surface area (Å²) < 4.78 is 47.3. The Kier molecular flexibility index (Phi) is 21.8. The van der Waals surface area contributed by atoms with Gasteiger partial charge in [-0.1, -0.05) is 47.6 Å². The minimum atomic E-state index is -2.01. The van der Waals surface area contributed by atoms with E-state index in [-0.39, 0.29) is 49.2 Å². The summed E-state index contributed by atoms with van der Waals surface area (Å²) in [5, 5.41) is 48.6. The number of benzene rings is 1. The highest BCUT2D eigenvalue weighted by Crippen LogP contribution is 2.45. The average molecular weight is 1070 g/mol. The number of cyclic esters (lactones) is 1. The molecule has 76 heavy (non-hydrogen) atoms. The van der Waals surface area contributed by atoms with Crippen molar-refractivity contribution >= 4 is 34.6 Å². The number of likely N-dealkylation sites (N-methyl/N-ethyl adjacent to an activating group) is 1. The number of hydrogen-bond donors (Lipinski definition) is 5. The number of carbonyl (C=O) groups excluding carboxylic acids is 3. The van der Waals surface area contributed by atoms with Crippen molar-refractivity contribution in [1.82, 2.24) is 14.8 Å². The second-order valence-corrected chi connectivity index (χ2v) is 23.0. The predicted octanol–water partition coefficient (Wildman–Crippen LogP) is 5.65. The maximum atomic E-state index is 14.6. The van der Waals surface area contributed by atoms with Gasteiger partial charge in [0, 0.05) is 67.4 Å². The fraction of sp³-hybridized carbons (Fsp3) is 0.772. The summed E-state index contributed by atoms with van der Waals surface area (Å²) in [6.45, 7) is 22.8. The Balaban J connectivity index is 1.35. The average Bonchev–Trinajstić information content (AvgIpc) is 3.37. The molecule has 0 unspecified atom stereocenters. The number of aliphatic hydroxyl groups is 3. The van der Waals surface area contributed by atoms with Crippen molar-refractivity contribution in [3.63, 3.8) is 0 Å². The Labute approximate surface area is 449 Å². The Morgan fingerprint density at radius 2 is 1.61 bits per heavy atom. The number of carboxylic acid groups (broad SMARTS) is 1. The molecule has 1 aromatic heterocycles. The van der Waals surface area contributed by atoms with Crippen molar-refractivity contribution in [2.75, 3.05) is 34.3 Å². The normalized spacial score (nSPS) is 37.2. The first-order chi connectivity index (χ1) is 35.6. The van der Waals surface area contributed by atoms with Gasteiger partial charge < -0.3 is 68.4 Å². The van der Waals surface area contributed by atoms with Crippen LogP contribution >= 0.6 is 0 Å². The second kappa shape index (κ2) is 26.4. The van der Waals surface area contributed by atoms with Gasteiger partial charge in [-0.2, -0.15) is 0 Å². The predicted molar refractivity (Wildman–Crippen MR) is 285 cm³/mol. The molecule has 5 N–H and O–H groups in total. The molecule has 3 aliphatic rings. The summed E-state index contributed by atoms with van der Waals surface area (Å²) in [6.07, 6.45) is -5.30. The Morgan fingerprint density at radius 3 is 2.21 bits per heavy atom. The van der Waals surface area contributed by atoms with E-state index in [2.05, 4.69) is 5.32 Å². The summed E-state index contributed by atoms with van der Waals surface area (Å²) >= 11 is 0. The van der Waals surface area contributed by atoms with Crippen molar-refractivity contribution in [3.05, 3.63) is 45.7 Å². The van der Waals surface area contributed by atoms with Gasteiger partial charge >= 0.3 is 17.9 Å². The number of ether oxygens (including phenoxy) is 7. The third-order valence-electron chi connectivity index (χ3n) is 17.0. The molecular formula is C57H91N3O16. The number of pyridine rings is 1. The lowest BCUT2D eigenvalue weighted by atomic mass is 9.73. The highest BCUT2D eigenvalue weighted by atomic mass is 16.7. The number of aromatic nitrogens is 1. The number of nitrogens with zero attached hydrogens (tertiary/aromatic N) is 2. The first-order valence-electron chi connectivity index (χ1n) is 27.5. The zero-order valence-corrected chi connectivity index (χ0v) is 47.8. The van der Waals surface area contributed by atoms with Crippen LogP contribution in [0.1, 0.15) is 144 Å². The van der Waals surface area contributed by atoms with E-state index < -0.39 is 119 Å². The van der Waals surface area contributed by atoms with Gasteiger partial charge in [0.1, 0.15) is 35.3 Å². The number of nitrogens with one attached hydrogen (secondary N) is 1. The number of carbonyl (C=O) groups is 4. The highest BCUT2D eigenvalue weighted by molar-refractivity contribution is 5.92. The van der Waals surface area contributed by atoms with Gasteiger partial charge in [0.05, 0.1) is 54.0 Å². The molecule has 19 nitrogen and oxygen atoms in total. The van der Waals surface area contributed by atoms with Crippen LogP contribution in [-0.4, -0.2) is 167 Å². The van der Waals surface area contributed by atoms with Crippen LogP contribution < -0.4 is 10.7 Å². The van der Waals surface area contributed by atoms with Crippen molar-refractivity contribution in [1.29, 1.82) is 0 Å². The number of Topliss-reactive ketones (excluding diaryl/α,β-unsaturated/α-hetero) is 1. The van der Waals surface area contributed by atoms with Crippen LogP contribution in [0, 0.1) is 29.1 Å². The van der Waals surface area contributed by atoms with Gasteiger partial charge in [0.15, 0.2) is 12.6 Å². The quantitative estimate of drug-likeness (QED) is 0.0894. The third kappa shape index (κ3) is 14.1. The Morgan fingerprint density at radius 1 is 0.921 bits per heavy atom. The molecule has 3 saturated heterocycles. The van der Waals surface area contributed by atoms with Crippen LogP contribution in [0.2, 0.25) is 0 Å². The largest absolute Gasteiger partial charge is 0.477 e. The molecule has 4 heterocycles. The number of fused-ring (bicyclic) bond motifs is 1. The smallest absolute Gasteiger partial charge is 0.341 e. The van der Waals surface area contributed by atoms with Crippen LogP contribution in [-0.2, 0) is 60.5 Å². The summed E-state index contributed by atoms with van der Waals surface area (Å²) in [7, 11) is 5.26.